The second kappa shape index (κ2) is 5.35. The second-order valence-corrected chi connectivity index (χ2v) is 3.43. The molecule has 17 heavy (non-hydrogen) atoms. The number of benzene rings is 1. The zero-order valence-corrected chi connectivity index (χ0v) is 9.14. The van der Waals surface area contributed by atoms with E-state index >= 15 is 0 Å². The number of carbonyl (C=O) groups excluding carboxylic acids is 1. The molecule has 0 heterocycles. The topological polar surface area (TPSA) is 98.3 Å². The van der Waals surface area contributed by atoms with Crippen LogP contribution in [0.25, 0.3) is 0 Å². The van der Waals surface area contributed by atoms with E-state index in [0.717, 1.165) is 18.2 Å². The van der Waals surface area contributed by atoms with E-state index in [1.807, 2.05) is 0 Å². The Morgan fingerprint density at radius 3 is 2.82 bits per heavy atom. The van der Waals surface area contributed by atoms with Gasteiger partial charge in [-0.3, -0.25) is 14.9 Å². The van der Waals surface area contributed by atoms with Crippen molar-refractivity contribution in [3.63, 3.8) is 0 Å². The fraction of sp³-hybridized carbons (Fsp3) is 0.300. The first kappa shape index (κ1) is 13.0. The molecule has 3 N–H and O–H groups in total. The monoisotopic (exact) mass is 241 g/mol. The number of hydrogen-bond acceptors (Lipinski definition) is 4. The third-order valence-corrected chi connectivity index (χ3v) is 2.20. The molecule has 1 amide bonds. The van der Waals surface area contributed by atoms with Gasteiger partial charge in [0.1, 0.15) is 5.82 Å². The lowest BCUT2D eigenvalue weighted by Gasteiger charge is -2.10. The molecule has 0 aliphatic carbocycles. The number of carbonyl (C=O) groups is 1. The lowest BCUT2D eigenvalue weighted by Crippen LogP contribution is -2.35. The first-order chi connectivity index (χ1) is 7.95. The SMILES string of the molecule is CC[C@@H](N)C(=O)Nc1cc([N+](=O)[O-])ccc1F. The fourth-order valence-electron chi connectivity index (χ4n) is 1.13. The molecule has 0 aromatic heterocycles. The molecule has 0 aliphatic rings. The molecule has 7 heteroatoms. The number of anilines is 1. The minimum absolute atomic E-state index is 0.242. The number of non-ortho nitro benzene ring substituents is 1. The van der Waals surface area contributed by atoms with Crippen LogP contribution in [0.1, 0.15) is 13.3 Å². The molecule has 0 unspecified atom stereocenters. The van der Waals surface area contributed by atoms with Gasteiger partial charge in [0.2, 0.25) is 5.91 Å². The van der Waals surface area contributed by atoms with Crippen LogP contribution in [0.4, 0.5) is 15.8 Å². The molecule has 0 aliphatic heterocycles. The summed E-state index contributed by atoms with van der Waals surface area (Å²) in [4.78, 5) is 21.2. The Balaban J connectivity index is 2.94. The lowest BCUT2D eigenvalue weighted by atomic mass is 10.2. The molecule has 0 fully saturated rings. The van der Waals surface area contributed by atoms with Crippen LogP contribution in [0.15, 0.2) is 18.2 Å². The van der Waals surface area contributed by atoms with Gasteiger partial charge in [-0.2, -0.15) is 0 Å². The maximum atomic E-state index is 13.3. The van der Waals surface area contributed by atoms with Gasteiger partial charge < -0.3 is 11.1 Å². The number of nitro benzene ring substituents is 1. The van der Waals surface area contributed by atoms with Gasteiger partial charge in [-0.05, 0) is 12.5 Å². The summed E-state index contributed by atoms with van der Waals surface area (Å²) in [6, 6.07) is 2.12. The summed E-state index contributed by atoms with van der Waals surface area (Å²) >= 11 is 0. The summed E-state index contributed by atoms with van der Waals surface area (Å²) in [6.45, 7) is 1.70. The molecule has 0 saturated heterocycles. The number of hydrogen-bond donors (Lipinski definition) is 2. The maximum absolute atomic E-state index is 13.3. The molecule has 0 bridgehead atoms. The maximum Gasteiger partial charge on any atom is 0.271 e. The average Bonchev–Trinajstić information content (AvgIpc) is 2.30. The molecular weight excluding hydrogens is 229 g/mol. The van der Waals surface area contributed by atoms with Gasteiger partial charge in [0.15, 0.2) is 0 Å². The number of halogens is 1. The summed E-state index contributed by atoms with van der Waals surface area (Å²) in [7, 11) is 0. The molecule has 92 valence electrons. The summed E-state index contributed by atoms with van der Waals surface area (Å²) in [5, 5.41) is 12.7. The molecule has 0 saturated carbocycles. The van der Waals surface area contributed by atoms with Gasteiger partial charge in [0.25, 0.3) is 5.69 Å². The second-order valence-electron chi connectivity index (χ2n) is 3.43. The number of rotatable bonds is 4. The molecule has 1 atom stereocenters. The minimum Gasteiger partial charge on any atom is -0.322 e. The Labute approximate surface area is 96.8 Å². The van der Waals surface area contributed by atoms with Crippen molar-refractivity contribution in [3.8, 4) is 0 Å². The highest BCUT2D eigenvalue weighted by atomic mass is 19.1. The third kappa shape index (κ3) is 3.22. The minimum atomic E-state index is -0.770. The Bertz CT molecular complexity index is 450. The largest absolute Gasteiger partial charge is 0.322 e. The molecule has 1 aromatic rings. The Hall–Kier alpha value is -2.02. The van der Waals surface area contributed by atoms with Crippen LogP contribution in [-0.2, 0) is 4.79 Å². The van der Waals surface area contributed by atoms with Crippen molar-refractivity contribution in [2.24, 2.45) is 5.73 Å². The predicted molar refractivity (Wildman–Crippen MR) is 60.0 cm³/mol. The van der Waals surface area contributed by atoms with Crippen LogP contribution < -0.4 is 11.1 Å². The van der Waals surface area contributed by atoms with Crippen molar-refractivity contribution in [3.05, 3.63) is 34.1 Å². The molecular formula is C10H12FN3O3. The highest BCUT2D eigenvalue weighted by molar-refractivity contribution is 5.94. The first-order valence-corrected chi connectivity index (χ1v) is 4.96. The van der Waals surface area contributed by atoms with Gasteiger partial charge >= 0.3 is 0 Å². The van der Waals surface area contributed by atoms with E-state index in [4.69, 9.17) is 5.73 Å². The Kier molecular flexibility index (Phi) is 4.11. The van der Waals surface area contributed by atoms with Crippen molar-refractivity contribution in [2.75, 3.05) is 5.32 Å². The van der Waals surface area contributed by atoms with Crippen molar-refractivity contribution >= 4 is 17.3 Å². The lowest BCUT2D eigenvalue weighted by molar-refractivity contribution is -0.384. The summed E-state index contributed by atoms with van der Waals surface area (Å²) < 4.78 is 13.3. The molecule has 1 rings (SSSR count). The summed E-state index contributed by atoms with van der Waals surface area (Å²) in [6.07, 6.45) is 0.391. The van der Waals surface area contributed by atoms with Crippen molar-refractivity contribution in [1.82, 2.24) is 0 Å². The van der Waals surface area contributed by atoms with E-state index in [0.29, 0.717) is 6.42 Å². The Morgan fingerprint density at radius 2 is 2.29 bits per heavy atom. The molecule has 6 nitrogen and oxygen atoms in total. The number of amides is 1. The first-order valence-electron chi connectivity index (χ1n) is 4.96. The van der Waals surface area contributed by atoms with Crippen LogP contribution in [0.3, 0.4) is 0 Å². The van der Waals surface area contributed by atoms with Gasteiger partial charge in [0, 0.05) is 12.1 Å². The molecule has 0 spiro atoms. The zero-order chi connectivity index (χ0) is 13.0. The average molecular weight is 241 g/mol. The normalized spacial score (nSPS) is 11.9. The van der Waals surface area contributed by atoms with Crippen LogP contribution in [-0.4, -0.2) is 16.9 Å². The van der Waals surface area contributed by atoms with E-state index in [1.54, 1.807) is 6.92 Å². The molecule has 1 aromatic carbocycles. The van der Waals surface area contributed by atoms with Crippen molar-refractivity contribution in [1.29, 1.82) is 0 Å². The van der Waals surface area contributed by atoms with Gasteiger partial charge in [-0.15, -0.1) is 0 Å². The number of nitrogens with one attached hydrogen (secondary N) is 1. The van der Waals surface area contributed by atoms with Crippen LogP contribution >= 0.6 is 0 Å². The zero-order valence-electron chi connectivity index (χ0n) is 9.14. The highest BCUT2D eigenvalue weighted by Gasteiger charge is 2.16. The smallest absolute Gasteiger partial charge is 0.271 e. The van der Waals surface area contributed by atoms with Crippen LogP contribution in [0.2, 0.25) is 0 Å². The van der Waals surface area contributed by atoms with Crippen LogP contribution in [0, 0.1) is 15.9 Å². The highest BCUT2D eigenvalue weighted by Crippen LogP contribution is 2.21. The van der Waals surface area contributed by atoms with E-state index in [-0.39, 0.29) is 11.4 Å². The fourth-order valence-corrected chi connectivity index (χ4v) is 1.13. The number of nitrogens with two attached hydrogens (primary N) is 1. The third-order valence-electron chi connectivity index (χ3n) is 2.20. The van der Waals surface area contributed by atoms with E-state index in [9.17, 15) is 19.3 Å². The number of nitro groups is 1. The summed E-state index contributed by atoms with van der Waals surface area (Å²) in [5.74, 6) is -1.32. The standard InChI is InChI=1S/C10H12FN3O3/c1-2-8(12)10(15)13-9-5-6(14(16)17)3-4-7(9)11/h3-5,8H,2,12H2,1H3,(H,13,15)/t8-/m1/s1. The summed E-state index contributed by atoms with van der Waals surface area (Å²) in [5.41, 5.74) is 4.90. The Morgan fingerprint density at radius 1 is 1.65 bits per heavy atom. The number of nitrogens with zero attached hydrogens (tertiary/aromatic N) is 1. The van der Waals surface area contributed by atoms with E-state index in [2.05, 4.69) is 5.32 Å². The van der Waals surface area contributed by atoms with Gasteiger partial charge in [0.05, 0.1) is 16.7 Å². The van der Waals surface area contributed by atoms with Gasteiger partial charge in [-0.1, -0.05) is 6.92 Å². The quantitative estimate of drug-likeness (QED) is 0.615. The van der Waals surface area contributed by atoms with E-state index < -0.39 is 22.7 Å². The van der Waals surface area contributed by atoms with Crippen molar-refractivity contribution < 1.29 is 14.1 Å². The molecule has 0 radical (unpaired) electrons. The predicted octanol–water partition coefficient (Wildman–Crippen LogP) is 1.41. The van der Waals surface area contributed by atoms with Gasteiger partial charge in [-0.25, -0.2) is 4.39 Å². The van der Waals surface area contributed by atoms with Crippen LogP contribution in [0.5, 0.6) is 0 Å². The van der Waals surface area contributed by atoms with Crippen molar-refractivity contribution in [2.45, 2.75) is 19.4 Å². The van der Waals surface area contributed by atoms with E-state index in [1.165, 1.54) is 0 Å².